The maximum atomic E-state index is 8.96. The summed E-state index contributed by atoms with van der Waals surface area (Å²) < 4.78 is 0. The molecular formula is C14H24N4O. The van der Waals surface area contributed by atoms with Gasteiger partial charge in [0.1, 0.15) is 0 Å². The zero-order valence-corrected chi connectivity index (χ0v) is 12.1. The van der Waals surface area contributed by atoms with E-state index in [0.717, 1.165) is 50.1 Å². The summed E-state index contributed by atoms with van der Waals surface area (Å²) in [4.78, 5) is 13.7. The third-order valence-corrected chi connectivity index (χ3v) is 3.53. The Morgan fingerprint density at radius 1 is 1.21 bits per heavy atom. The number of hydrogen-bond donors (Lipinski definition) is 1. The van der Waals surface area contributed by atoms with Crippen LogP contribution in [-0.4, -0.2) is 59.3 Å². The molecule has 1 N–H and O–H groups in total. The average Bonchev–Trinajstić information content (AvgIpc) is 2.39. The highest BCUT2D eigenvalue weighted by molar-refractivity contribution is 5.33. The van der Waals surface area contributed by atoms with Gasteiger partial charge in [0.2, 0.25) is 5.95 Å². The molecule has 0 radical (unpaired) electrons. The maximum absolute atomic E-state index is 8.96. The van der Waals surface area contributed by atoms with Crippen LogP contribution in [0.4, 0.5) is 5.95 Å². The highest BCUT2D eigenvalue weighted by Gasteiger charge is 2.19. The van der Waals surface area contributed by atoms with Crippen LogP contribution >= 0.6 is 0 Å². The SMILES string of the molecule is Cc1cc(C(C)C)nc(N2CCN(CCO)CC2)n1. The second kappa shape index (κ2) is 6.30. The minimum absolute atomic E-state index is 0.235. The molecule has 0 aromatic carbocycles. The molecule has 0 bridgehead atoms. The van der Waals surface area contributed by atoms with Crippen molar-refractivity contribution < 1.29 is 5.11 Å². The van der Waals surface area contributed by atoms with E-state index < -0.39 is 0 Å². The first-order chi connectivity index (χ1) is 9.10. The Kier molecular flexibility index (Phi) is 4.71. The lowest BCUT2D eigenvalue weighted by Gasteiger charge is -2.34. The minimum Gasteiger partial charge on any atom is -0.395 e. The van der Waals surface area contributed by atoms with E-state index in [1.165, 1.54) is 0 Å². The molecule has 1 fully saturated rings. The van der Waals surface area contributed by atoms with Crippen molar-refractivity contribution in [3.05, 3.63) is 17.5 Å². The van der Waals surface area contributed by atoms with E-state index in [2.05, 4.69) is 39.7 Å². The van der Waals surface area contributed by atoms with Crippen LogP contribution in [0.15, 0.2) is 6.07 Å². The normalized spacial score (nSPS) is 17.2. The zero-order chi connectivity index (χ0) is 13.8. The highest BCUT2D eigenvalue weighted by Crippen LogP contribution is 2.18. The van der Waals surface area contributed by atoms with Crippen molar-refractivity contribution in [2.75, 3.05) is 44.2 Å². The number of nitrogens with zero attached hydrogens (tertiary/aromatic N) is 4. The molecule has 1 aromatic heterocycles. The number of hydrogen-bond acceptors (Lipinski definition) is 5. The lowest BCUT2D eigenvalue weighted by Crippen LogP contribution is -2.47. The van der Waals surface area contributed by atoms with Crippen LogP contribution in [0.25, 0.3) is 0 Å². The average molecular weight is 264 g/mol. The van der Waals surface area contributed by atoms with E-state index in [9.17, 15) is 0 Å². The van der Waals surface area contributed by atoms with Gasteiger partial charge in [-0.05, 0) is 18.9 Å². The Labute approximate surface area is 115 Å². The number of piperazine rings is 1. The Bertz CT molecular complexity index is 414. The van der Waals surface area contributed by atoms with Crippen molar-refractivity contribution >= 4 is 5.95 Å². The third kappa shape index (κ3) is 3.64. The number of aliphatic hydroxyl groups excluding tert-OH is 1. The first-order valence-electron chi connectivity index (χ1n) is 7.04. The number of rotatable bonds is 4. The van der Waals surface area contributed by atoms with Crippen molar-refractivity contribution in [1.82, 2.24) is 14.9 Å². The van der Waals surface area contributed by atoms with Crippen molar-refractivity contribution in [2.24, 2.45) is 0 Å². The summed E-state index contributed by atoms with van der Waals surface area (Å²) in [6, 6.07) is 2.07. The van der Waals surface area contributed by atoms with Crippen LogP contribution in [-0.2, 0) is 0 Å². The topological polar surface area (TPSA) is 52.5 Å². The minimum atomic E-state index is 0.235. The fourth-order valence-electron chi connectivity index (χ4n) is 2.33. The Morgan fingerprint density at radius 2 is 1.89 bits per heavy atom. The van der Waals surface area contributed by atoms with Crippen molar-refractivity contribution in [2.45, 2.75) is 26.7 Å². The van der Waals surface area contributed by atoms with Gasteiger partial charge < -0.3 is 10.0 Å². The largest absolute Gasteiger partial charge is 0.395 e. The fraction of sp³-hybridized carbons (Fsp3) is 0.714. The molecule has 106 valence electrons. The van der Waals surface area contributed by atoms with Crippen LogP contribution in [0.2, 0.25) is 0 Å². The summed E-state index contributed by atoms with van der Waals surface area (Å²) in [6.07, 6.45) is 0. The summed E-state index contributed by atoms with van der Waals surface area (Å²) in [5.41, 5.74) is 2.15. The second-order valence-electron chi connectivity index (χ2n) is 5.44. The van der Waals surface area contributed by atoms with Gasteiger partial charge in [-0.15, -0.1) is 0 Å². The lowest BCUT2D eigenvalue weighted by atomic mass is 10.1. The van der Waals surface area contributed by atoms with E-state index in [1.807, 2.05) is 6.92 Å². The smallest absolute Gasteiger partial charge is 0.225 e. The predicted octanol–water partition coefficient (Wildman–Crippen LogP) is 1.02. The molecule has 2 heterocycles. The lowest BCUT2D eigenvalue weighted by molar-refractivity contribution is 0.188. The van der Waals surface area contributed by atoms with Crippen LogP contribution in [0.1, 0.15) is 31.2 Å². The summed E-state index contributed by atoms with van der Waals surface area (Å²) >= 11 is 0. The molecule has 19 heavy (non-hydrogen) atoms. The molecule has 2 rings (SSSR count). The summed E-state index contributed by atoms with van der Waals surface area (Å²) in [6.45, 7) is 11.1. The first kappa shape index (κ1) is 14.2. The molecule has 1 aliphatic rings. The number of β-amino-alcohol motifs (C(OH)–C–C–N with tert-alkyl or cyclic N) is 1. The van der Waals surface area contributed by atoms with Gasteiger partial charge in [0.25, 0.3) is 0 Å². The van der Waals surface area contributed by atoms with Gasteiger partial charge in [0.15, 0.2) is 0 Å². The van der Waals surface area contributed by atoms with Crippen LogP contribution in [0.3, 0.4) is 0 Å². The van der Waals surface area contributed by atoms with Crippen molar-refractivity contribution in [1.29, 1.82) is 0 Å². The summed E-state index contributed by atoms with van der Waals surface area (Å²) in [5.74, 6) is 1.28. The van der Waals surface area contributed by atoms with E-state index >= 15 is 0 Å². The van der Waals surface area contributed by atoms with Gasteiger partial charge in [0.05, 0.1) is 6.61 Å². The van der Waals surface area contributed by atoms with Gasteiger partial charge in [-0.1, -0.05) is 13.8 Å². The molecule has 1 saturated heterocycles. The molecule has 0 aliphatic carbocycles. The second-order valence-corrected chi connectivity index (χ2v) is 5.44. The van der Waals surface area contributed by atoms with Gasteiger partial charge in [-0.25, -0.2) is 9.97 Å². The van der Waals surface area contributed by atoms with Crippen molar-refractivity contribution in [3.63, 3.8) is 0 Å². The van der Waals surface area contributed by atoms with E-state index in [-0.39, 0.29) is 6.61 Å². The number of anilines is 1. The van der Waals surface area contributed by atoms with Crippen LogP contribution in [0.5, 0.6) is 0 Å². The molecule has 0 saturated carbocycles. The van der Waals surface area contributed by atoms with E-state index in [4.69, 9.17) is 5.11 Å². The Balaban J connectivity index is 2.06. The number of aryl methyl sites for hydroxylation is 1. The van der Waals surface area contributed by atoms with E-state index in [0.29, 0.717) is 5.92 Å². The van der Waals surface area contributed by atoms with Crippen molar-refractivity contribution in [3.8, 4) is 0 Å². The van der Waals surface area contributed by atoms with Crippen LogP contribution < -0.4 is 4.90 Å². The van der Waals surface area contributed by atoms with Gasteiger partial charge in [0, 0.05) is 44.1 Å². The van der Waals surface area contributed by atoms with Gasteiger partial charge in [-0.3, -0.25) is 4.90 Å². The molecule has 1 aliphatic heterocycles. The predicted molar refractivity (Wildman–Crippen MR) is 76.6 cm³/mol. The molecule has 0 unspecified atom stereocenters. The maximum Gasteiger partial charge on any atom is 0.225 e. The monoisotopic (exact) mass is 264 g/mol. The molecule has 5 heteroatoms. The number of aliphatic hydroxyl groups is 1. The quantitative estimate of drug-likeness (QED) is 0.880. The first-order valence-corrected chi connectivity index (χ1v) is 7.04. The molecule has 0 atom stereocenters. The molecular weight excluding hydrogens is 240 g/mol. The number of aromatic nitrogens is 2. The Morgan fingerprint density at radius 3 is 2.47 bits per heavy atom. The van der Waals surface area contributed by atoms with Gasteiger partial charge in [-0.2, -0.15) is 0 Å². The van der Waals surface area contributed by atoms with E-state index in [1.54, 1.807) is 0 Å². The van der Waals surface area contributed by atoms with Crippen LogP contribution in [0, 0.1) is 6.92 Å². The molecule has 1 aromatic rings. The van der Waals surface area contributed by atoms with Gasteiger partial charge >= 0.3 is 0 Å². The molecule has 0 spiro atoms. The fourth-order valence-corrected chi connectivity index (χ4v) is 2.33. The third-order valence-electron chi connectivity index (χ3n) is 3.53. The molecule has 5 nitrogen and oxygen atoms in total. The summed E-state index contributed by atoms with van der Waals surface area (Å²) in [7, 11) is 0. The Hall–Kier alpha value is -1.20. The molecule has 0 amide bonds. The zero-order valence-electron chi connectivity index (χ0n) is 12.1. The highest BCUT2D eigenvalue weighted by atomic mass is 16.3. The summed E-state index contributed by atoms with van der Waals surface area (Å²) in [5, 5.41) is 8.96. The standard InChI is InChI=1S/C14H24N4O/c1-11(2)13-10-12(3)15-14(16-13)18-6-4-17(5-7-18)8-9-19/h10-11,19H,4-9H2,1-3H3.